The summed E-state index contributed by atoms with van der Waals surface area (Å²) in [6.07, 6.45) is 4.32. The van der Waals surface area contributed by atoms with Crippen LogP contribution in [0.3, 0.4) is 0 Å². The fourth-order valence-electron chi connectivity index (χ4n) is 4.04. The van der Waals surface area contributed by atoms with Crippen LogP contribution in [-0.2, 0) is 19.1 Å². The number of likely N-dealkylation sites (N-methyl/N-ethyl adjacent to an activating group) is 2. The lowest BCUT2D eigenvalue weighted by atomic mass is 10.2. The summed E-state index contributed by atoms with van der Waals surface area (Å²) in [4.78, 5) is 27.5. The molecule has 2 aromatic rings. The number of unbranched alkanes of at least 4 members (excludes halogenated alkanes) is 3. The normalized spacial score (nSPS) is 10.6. The number of carbonyl (C=O) groups is 2. The van der Waals surface area contributed by atoms with Gasteiger partial charge in [-0.3, -0.25) is 9.59 Å². The first-order chi connectivity index (χ1) is 19.9. The van der Waals surface area contributed by atoms with Crippen molar-refractivity contribution in [3.05, 3.63) is 42.2 Å². The lowest BCUT2D eigenvalue weighted by Crippen LogP contribution is -2.31. The van der Waals surface area contributed by atoms with E-state index in [1.54, 1.807) is 17.0 Å². The molecular weight excluding hydrogens is 599 g/mol. The molecule has 0 saturated carbocycles. The molecule has 0 amide bonds. The van der Waals surface area contributed by atoms with E-state index in [4.69, 9.17) is 23.7 Å². The molecule has 0 aliphatic carbocycles. The number of benzene rings is 2. The molecule has 0 unspecified atom stereocenters. The highest BCUT2D eigenvalue weighted by molar-refractivity contribution is 9.09. The lowest BCUT2D eigenvalue weighted by molar-refractivity contribution is -0.139. The summed E-state index contributed by atoms with van der Waals surface area (Å²) >= 11 is 3.45. The van der Waals surface area contributed by atoms with E-state index in [9.17, 15) is 14.0 Å². The Bertz CT molecular complexity index is 1090. The van der Waals surface area contributed by atoms with Crippen LogP contribution in [0.2, 0.25) is 0 Å². The summed E-state index contributed by atoms with van der Waals surface area (Å²) in [7, 11) is 2.67. The minimum atomic E-state index is -0.459. The predicted octanol–water partition coefficient (Wildman–Crippen LogP) is 5.62. The Morgan fingerprint density at radius 2 is 1.27 bits per heavy atom. The molecule has 41 heavy (non-hydrogen) atoms. The van der Waals surface area contributed by atoms with Crippen LogP contribution in [0.15, 0.2) is 36.4 Å². The number of halogens is 2. The molecule has 0 bridgehead atoms. The number of anilines is 2. The maximum atomic E-state index is 14.1. The first kappa shape index (κ1) is 34.0. The smallest absolute Gasteiger partial charge is 0.325 e. The van der Waals surface area contributed by atoms with E-state index < -0.39 is 11.8 Å². The third-order valence-electron chi connectivity index (χ3n) is 6.29. The monoisotopic (exact) mass is 640 g/mol. The summed E-state index contributed by atoms with van der Waals surface area (Å²) in [5.74, 6) is 0.240. The number of nitrogens with zero attached hydrogens (tertiary/aromatic N) is 2. The van der Waals surface area contributed by atoms with Gasteiger partial charge in [0.2, 0.25) is 0 Å². The Hall–Kier alpha value is -3.21. The first-order valence-electron chi connectivity index (χ1n) is 13.9. The Kier molecular flexibility index (Phi) is 15.8. The fraction of sp³-hybridized carbons (Fsp3) is 0.533. The van der Waals surface area contributed by atoms with Crippen molar-refractivity contribution in [3.63, 3.8) is 0 Å². The topological polar surface area (TPSA) is 86.8 Å². The first-order valence-corrected chi connectivity index (χ1v) is 15.0. The van der Waals surface area contributed by atoms with Crippen LogP contribution < -0.4 is 24.0 Å². The van der Waals surface area contributed by atoms with Gasteiger partial charge in [-0.25, -0.2) is 4.39 Å². The number of ether oxygens (including phenoxy) is 5. The van der Waals surface area contributed by atoms with Crippen LogP contribution in [-0.4, -0.2) is 77.5 Å². The van der Waals surface area contributed by atoms with Crippen molar-refractivity contribution < 1.29 is 37.7 Å². The average molecular weight is 642 g/mol. The van der Waals surface area contributed by atoms with E-state index in [2.05, 4.69) is 15.9 Å². The molecule has 9 nitrogen and oxygen atoms in total. The molecule has 0 N–H and O–H groups in total. The molecule has 2 rings (SSSR count). The van der Waals surface area contributed by atoms with Crippen LogP contribution in [0.25, 0.3) is 0 Å². The minimum absolute atomic E-state index is 0.00516. The van der Waals surface area contributed by atoms with E-state index in [0.717, 1.165) is 31.0 Å². The number of methoxy groups -OCH3 is 2. The largest absolute Gasteiger partial charge is 0.493 e. The van der Waals surface area contributed by atoms with E-state index in [-0.39, 0.29) is 38.0 Å². The van der Waals surface area contributed by atoms with E-state index >= 15 is 0 Å². The van der Waals surface area contributed by atoms with Crippen molar-refractivity contribution in [2.24, 2.45) is 0 Å². The number of esters is 2. The quantitative estimate of drug-likeness (QED) is 0.104. The Balaban J connectivity index is 2.14. The van der Waals surface area contributed by atoms with Gasteiger partial charge in [0.05, 0.1) is 32.2 Å². The molecule has 0 aliphatic heterocycles. The number of alkyl halides is 1. The number of rotatable bonds is 20. The molecule has 0 fully saturated rings. The van der Waals surface area contributed by atoms with Gasteiger partial charge in [0.25, 0.3) is 0 Å². The number of carbonyl (C=O) groups excluding carboxylic acids is 2. The second-order valence-corrected chi connectivity index (χ2v) is 9.86. The Morgan fingerprint density at radius 3 is 1.80 bits per heavy atom. The molecule has 11 heteroatoms. The Labute approximate surface area is 251 Å². The zero-order valence-electron chi connectivity index (χ0n) is 24.5. The van der Waals surface area contributed by atoms with Gasteiger partial charge >= 0.3 is 11.9 Å². The van der Waals surface area contributed by atoms with Crippen molar-refractivity contribution in [1.29, 1.82) is 0 Å². The summed E-state index contributed by atoms with van der Waals surface area (Å²) in [5.41, 5.74) is 1.28. The van der Waals surface area contributed by atoms with Gasteiger partial charge in [0, 0.05) is 30.6 Å². The molecule has 228 valence electrons. The predicted molar refractivity (Wildman–Crippen MR) is 161 cm³/mol. The minimum Gasteiger partial charge on any atom is -0.493 e. The SMILES string of the molecule is CCN(CC(=O)OC)c1ccc(F)cc1OCCOc1cc(OCCCCCCBr)ccc1N(CC)CC(=O)OC. The lowest BCUT2D eigenvalue weighted by Gasteiger charge is -2.25. The summed E-state index contributed by atoms with van der Waals surface area (Å²) in [6, 6.07) is 9.69. The van der Waals surface area contributed by atoms with Crippen LogP contribution in [0, 0.1) is 5.82 Å². The maximum Gasteiger partial charge on any atom is 0.325 e. The van der Waals surface area contributed by atoms with Crippen molar-refractivity contribution in [3.8, 4) is 17.2 Å². The molecule has 2 aromatic carbocycles. The standard InChI is InChI=1S/C30H42BrFN2O7/c1-5-33(21-29(35)37-3)25-13-11-23(32)19-27(25)40-17-18-41-28-20-24(39-16-10-8-7-9-15-31)12-14-26(28)34(6-2)22-30(36)38-4/h11-14,19-20H,5-10,15-18,21-22H2,1-4H3. The van der Waals surface area contributed by atoms with Gasteiger partial charge in [-0.1, -0.05) is 28.8 Å². The van der Waals surface area contributed by atoms with Crippen LogP contribution in [0.1, 0.15) is 39.5 Å². The zero-order valence-corrected chi connectivity index (χ0v) is 26.0. The van der Waals surface area contributed by atoms with Gasteiger partial charge in [-0.15, -0.1) is 0 Å². The van der Waals surface area contributed by atoms with Crippen LogP contribution >= 0.6 is 15.9 Å². The Morgan fingerprint density at radius 1 is 0.732 bits per heavy atom. The van der Waals surface area contributed by atoms with Crippen LogP contribution in [0.5, 0.6) is 17.2 Å². The highest BCUT2D eigenvalue weighted by atomic mass is 79.9. The number of hydrogen-bond acceptors (Lipinski definition) is 9. The highest BCUT2D eigenvalue weighted by Crippen LogP contribution is 2.33. The second-order valence-electron chi connectivity index (χ2n) is 9.07. The second kappa shape index (κ2) is 19.0. The molecule has 0 saturated heterocycles. The molecule has 0 atom stereocenters. The third-order valence-corrected chi connectivity index (χ3v) is 6.85. The maximum absolute atomic E-state index is 14.1. The van der Waals surface area contributed by atoms with Gasteiger partial charge in [0.1, 0.15) is 49.4 Å². The van der Waals surface area contributed by atoms with E-state index in [1.165, 1.54) is 26.4 Å². The van der Waals surface area contributed by atoms with Gasteiger partial charge in [-0.05, 0) is 51.0 Å². The van der Waals surface area contributed by atoms with Crippen molar-refractivity contribution in [2.75, 3.05) is 75.3 Å². The van der Waals surface area contributed by atoms with Crippen LogP contribution in [0.4, 0.5) is 15.8 Å². The zero-order chi connectivity index (χ0) is 30.0. The summed E-state index contributed by atoms with van der Waals surface area (Å²) in [5, 5.41) is 1.00. The van der Waals surface area contributed by atoms with Crippen molar-refractivity contribution in [2.45, 2.75) is 39.5 Å². The van der Waals surface area contributed by atoms with E-state index in [0.29, 0.717) is 42.6 Å². The summed E-state index contributed by atoms with van der Waals surface area (Å²) < 4.78 is 41.7. The van der Waals surface area contributed by atoms with Crippen molar-refractivity contribution in [1.82, 2.24) is 0 Å². The molecule has 0 radical (unpaired) electrons. The number of hydrogen-bond donors (Lipinski definition) is 0. The van der Waals surface area contributed by atoms with Crippen molar-refractivity contribution >= 4 is 39.2 Å². The van der Waals surface area contributed by atoms with Gasteiger partial charge in [-0.2, -0.15) is 0 Å². The summed E-state index contributed by atoms with van der Waals surface area (Å²) in [6.45, 7) is 5.76. The van der Waals surface area contributed by atoms with Gasteiger partial charge < -0.3 is 33.5 Å². The molecular formula is C30H42BrFN2O7. The molecule has 0 spiro atoms. The average Bonchev–Trinajstić information content (AvgIpc) is 2.98. The third kappa shape index (κ3) is 11.7. The highest BCUT2D eigenvalue weighted by Gasteiger charge is 2.18. The fourth-order valence-corrected chi connectivity index (χ4v) is 4.44. The molecule has 0 heterocycles. The molecule has 0 aromatic heterocycles. The van der Waals surface area contributed by atoms with E-state index in [1.807, 2.05) is 30.9 Å². The molecule has 0 aliphatic rings. The van der Waals surface area contributed by atoms with Gasteiger partial charge in [0.15, 0.2) is 0 Å².